The zero-order valence-electron chi connectivity index (χ0n) is 63.5. The third kappa shape index (κ3) is 17.6. The first kappa shape index (κ1) is 120. The molecule has 1 aliphatic rings. The summed E-state index contributed by atoms with van der Waals surface area (Å²) in [4.78, 5) is 41.4. The normalized spacial score (nSPS) is 17.0. The van der Waals surface area contributed by atoms with Crippen molar-refractivity contribution < 1.29 is 300 Å². The van der Waals surface area contributed by atoms with Gasteiger partial charge in [0.05, 0.1) is 38.9 Å². The van der Waals surface area contributed by atoms with Gasteiger partial charge < -0.3 is 14.8 Å². The highest BCUT2D eigenvalue weighted by atomic mass is 28.3. The van der Waals surface area contributed by atoms with Gasteiger partial charge in [-0.05, 0) is 54.2 Å². The van der Waals surface area contributed by atoms with Gasteiger partial charge in [-0.1, -0.05) is 78.0 Å². The van der Waals surface area contributed by atoms with Crippen LogP contribution >= 0.6 is 0 Å². The zero-order chi connectivity index (χ0) is 108. The van der Waals surface area contributed by atoms with Crippen LogP contribution in [0.25, 0.3) is 0 Å². The van der Waals surface area contributed by atoms with Crippen LogP contribution in [-0.4, -0.2) is 230 Å². The number of aryl methyl sites for hydroxylation is 1. The largest absolute Gasteiger partial charge is 0.466 e. The molecule has 136 heavy (non-hydrogen) atoms. The van der Waals surface area contributed by atoms with E-state index in [2.05, 4.69) is 5.32 Å². The van der Waals surface area contributed by atoms with Crippen molar-refractivity contribution in [2.24, 2.45) is 0 Å². The second-order valence-corrected chi connectivity index (χ2v) is 33.3. The van der Waals surface area contributed by atoms with Gasteiger partial charge in [0, 0.05) is 25.0 Å². The summed E-state index contributed by atoms with van der Waals surface area (Å²) in [5, 5.41) is -0.653. The predicted octanol–water partition coefficient (Wildman–Crippen LogP) is 26.3. The van der Waals surface area contributed by atoms with Crippen LogP contribution in [0.3, 0.4) is 0 Å². The lowest BCUT2D eigenvalue weighted by Crippen LogP contribution is -2.77. The van der Waals surface area contributed by atoms with Crippen LogP contribution in [0.15, 0.2) is 96.2 Å². The molecule has 0 aliphatic carbocycles. The molecule has 1 atom stereocenters. The highest BCUT2D eigenvalue weighted by Gasteiger charge is 3.02. The molecule has 1 unspecified atom stereocenters. The van der Waals surface area contributed by atoms with Crippen LogP contribution in [0.5, 0.6) is 0 Å². The second kappa shape index (κ2) is 35.3. The maximum absolute atomic E-state index is 16.2. The van der Waals surface area contributed by atoms with Gasteiger partial charge in [0.2, 0.25) is 0 Å². The van der Waals surface area contributed by atoms with E-state index in [0.29, 0.717) is 17.6 Å². The number of carbonyl (C=O) groups is 3. The van der Waals surface area contributed by atoms with Gasteiger partial charge in [0.15, 0.2) is 0 Å². The molecule has 4 rings (SSSR count). The summed E-state index contributed by atoms with van der Waals surface area (Å²) in [5.41, 5.74) is -2.62. The maximum atomic E-state index is 16.2. The zero-order valence-corrected chi connectivity index (χ0v) is 64.5. The summed E-state index contributed by atoms with van der Waals surface area (Å²) < 4.78 is 927. The van der Waals surface area contributed by atoms with Crippen LogP contribution in [0, 0.1) is 0 Å². The summed E-state index contributed by atoms with van der Waals surface area (Å²) in [6, 6.07) is -6.33. The van der Waals surface area contributed by atoms with E-state index < -0.39 is 314 Å². The first-order valence-corrected chi connectivity index (χ1v) is 36.8. The molecule has 0 bridgehead atoms. The minimum atomic E-state index is -10.3. The summed E-state index contributed by atoms with van der Waals surface area (Å²) in [6.45, 7) is -2.88. The molecule has 1 heterocycles. The molecule has 1 aliphatic heterocycles. The Morgan fingerprint density at radius 1 is 0.301 bits per heavy atom. The SMILES string of the molecule is COC(=O)C1=C(CCc2ccccc2)N(CCOC(=O)c2ccc([Si](CCC(F)(F)C(F)(F)C(F)(F)C(F)(F)C(F)(F)C(F)(F)C(F)(F)C(F)(F)C(F)(F)C(F)(F)F)(CCC(F)(F)C(F)(F)C(F)(F)C(F)(F)C(F)(F)C(F)(F)C(F)(F)C(F)(F)C(F)(F)C(F)(F)F)CCC(F)(F)C(F)(F)C(F)(F)C(F)(F)C(F)(F)C(F)(F)C(F)(F)C(F)(F)C(F)(F)C(F)(F)F)cc2)C(=O)NC1c1ccccc1. The molecule has 0 spiro atoms. The van der Waals surface area contributed by atoms with Crippen LogP contribution in [0.4, 0.5) is 281 Å². The fraction of sp³-hybridized carbons (Fsp3) is 0.646. The first-order chi connectivity index (χ1) is 59.6. The Hall–Kier alpha value is -8.58. The lowest BCUT2D eigenvalue weighted by atomic mass is 9.86. The van der Waals surface area contributed by atoms with Gasteiger partial charge in [0.25, 0.3) is 0 Å². The molecule has 0 saturated carbocycles. The van der Waals surface area contributed by atoms with E-state index in [1.807, 2.05) is 0 Å². The second-order valence-electron chi connectivity index (χ2n) is 28.7. The molecule has 0 fully saturated rings. The van der Waals surface area contributed by atoms with Gasteiger partial charge in [-0.2, -0.15) is 277 Å². The molecule has 2 amide bonds. The van der Waals surface area contributed by atoms with E-state index in [-0.39, 0.29) is 12.0 Å². The molecule has 784 valence electrons. The van der Waals surface area contributed by atoms with Gasteiger partial charge >= 0.3 is 196 Å². The number of urea groups is 1. The topological polar surface area (TPSA) is 84.9 Å². The standard InChI is InChI=1S/C65H39F63N2O5Si/c1-134-34(132)31-30(17-12-26-8-4-2-5-9-26)130(35(133)129-32(31)27-10-6-3-7-11-27)21-22-135-33(131)28-13-15-29(16-14-28)136(23-18-36(66,67)39(72,73)42(78,79)45(84,85)48(90,91)51(96,97)54(102,103)57(108,109)60(114,115)63(120,121)122,24-19-37(68,69)40(74,75)43(80,81)46(86,87)49(92,93)52(98,99)55(104,105)58(110,111)61(116,117)64(123,124)125)25-20-38(70,71)41(76,77)44(82,83)47(88,89)50(94,95)53(100,101)56(106,107)59(112,113)62(118,119)65(126,127)128/h2-11,13-16,32H,12,17-25H2,1H3,(H,129,133). The molecule has 0 saturated heterocycles. The van der Waals surface area contributed by atoms with Crippen LogP contribution in [0.2, 0.25) is 18.1 Å². The number of carbonyl (C=O) groups excluding carboxylic acids is 3. The number of amides is 2. The van der Waals surface area contributed by atoms with E-state index in [4.69, 9.17) is 9.47 Å². The Morgan fingerprint density at radius 3 is 0.779 bits per heavy atom. The average molecular weight is 2150 g/mol. The van der Waals surface area contributed by atoms with E-state index >= 15 is 105 Å². The van der Waals surface area contributed by atoms with E-state index in [1.165, 1.54) is 60.7 Å². The third-order valence-electron chi connectivity index (χ3n) is 20.2. The molecule has 0 radical (unpaired) electrons. The number of alkyl halides is 63. The molecular weight excluding hydrogens is 2110 g/mol. The summed E-state index contributed by atoms with van der Waals surface area (Å²) in [7, 11) is -7.83. The summed E-state index contributed by atoms with van der Waals surface area (Å²) in [6.07, 6.45) is -42.2. The Labute approximate surface area is 709 Å². The van der Waals surface area contributed by atoms with Crippen molar-refractivity contribution in [1.82, 2.24) is 10.2 Å². The number of allylic oxidation sites excluding steroid dienone is 1. The molecule has 3 aromatic carbocycles. The number of nitrogens with zero attached hydrogens (tertiary/aromatic N) is 1. The fourth-order valence-corrected chi connectivity index (χ4v) is 16.7. The summed E-state index contributed by atoms with van der Waals surface area (Å²) in [5.74, 6) is -270. The monoisotopic (exact) mass is 2150 g/mol. The van der Waals surface area contributed by atoms with Crippen LogP contribution in [-0.2, 0) is 20.7 Å². The lowest BCUT2D eigenvalue weighted by Gasteiger charge is -2.45. The van der Waals surface area contributed by atoms with Crippen LogP contribution < -0.4 is 10.5 Å². The van der Waals surface area contributed by atoms with Crippen molar-refractivity contribution in [3.63, 3.8) is 0 Å². The number of halogens is 63. The number of rotatable bonds is 43. The highest BCUT2D eigenvalue weighted by molar-refractivity contribution is 6.92. The number of benzene rings is 3. The van der Waals surface area contributed by atoms with Crippen molar-refractivity contribution in [3.05, 3.63) is 113 Å². The third-order valence-corrected chi connectivity index (χ3v) is 25.4. The van der Waals surface area contributed by atoms with Gasteiger partial charge in [-0.3, -0.25) is 4.90 Å². The number of ether oxygens (including phenoxy) is 2. The average Bonchev–Trinajstić information content (AvgIpc) is 0.690. The minimum Gasteiger partial charge on any atom is -0.466 e. The van der Waals surface area contributed by atoms with Crippen LogP contribution in [0.1, 0.15) is 53.2 Å². The molecule has 71 heteroatoms. The number of hydrogen-bond acceptors (Lipinski definition) is 5. The van der Waals surface area contributed by atoms with E-state index in [1.54, 1.807) is 0 Å². The number of methoxy groups -OCH3 is 1. The number of hydrogen-bond donors (Lipinski definition) is 1. The van der Waals surface area contributed by atoms with Crippen molar-refractivity contribution in [3.8, 4) is 0 Å². The Balaban J connectivity index is 2.26. The number of nitrogens with one attached hydrogen (secondary N) is 1. The van der Waals surface area contributed by atoms with E-state index in [9.17, 15) is 186 Å². The van der Waals surface area contributed by atoms with Crippen molar-refractivity contribution in [1.29, 1.82) is 0 Å². The van der Waals surface area contributed by atoms with Crippen molar-refractivity contribution in [2.75, 3.05) is 20.3 Å². The minimum absolute atomic E-state index is 0.000940. The quantitative estimate of drug-likeness (QED) is 0.0347. The van der Waals surface area contributed by atoms with Crippen molar-refractivity contribution >= 4 is 31.2 Å². The predicted molar refractivity (Wildman–Crippen MR) is 320 cm³/mol. The van der Waals surface area contributed by atoms with Crippen molar-refractivity contribution in [2.45, 2.75) is 235 Å². The molecule has 1 N–H and O–H groups in total. The summed E-state index contributed by atoms with van der Waals surface area (Å²) >= 11 is 0. The molecule has 7 nitrogen and oxygen atoms in total. The van der Waals surface area contributed by atoms with Gasteiger partial charge in [-0.25, -0.2) is 14.4 Å². The highest BCUT2D eigenvalue weighted by Crippen LogP contribution is 2.72. The lowest BCUT2D eigenvalue weighted by molar-refractivity contribution is -0.474. The van der Waals surface area contributed by atoms with E-state index in [0.717, 1.165) is 0 Å². The molecule has 3 aromatic rings. The van der Waals surface area contributed by atoms with Gasteiger partial charge in [-0.15, -0.1) is 0 Å². The molecule has 0 aromatic heterocycles. The first-order valence-electron chi connectivity index (χ1n) is 34.2. The fourth-order valence-electron chi connectivity index (χ4n) is 11.9. The Morgan fingerprint density at radius 2 is 0.537 bits per heavy atom. The Kier molecular flexibility index (Phi) is 31.1. The van der Waals surface area contributed by atoms with Gasteiger partial charge in [0.1, 0.15) is 6.61 Å². The smallest absolute Gasteiger partial charge is 0.460 e. The number of esters is 2. The molecular formula is C65H39F63N2O5Si. The Bertz CT molecular complexity index is 4440. The maximum Gasteiger partial charge on any atom is 0.460 e.